The summed E-state index contributed by atoms with van der Waals surface area (Å²) < 4.78 is 33.2. The summed E-state index contributed by atoms with van der Waals surface area (Å²) in [5, 5.41) is 22.5. The van der Waals surface area contributed by atoms with Crippen molar-refractivity contribution in [1.29, 1.82) is 5.26 Å². The number of furan rings is 1. The van der Waals surface area contributed by atoms with Gasteiger partial charge in [-0.1, -0.05) is 0 Å². The van der Waals surface area contributed by atoms with E-state index in [4.69, 9.17) is 14.4 Å². The van der Waals surface area contributed by atoms with Gasteiger partial charge in [0.15, 0.2) is 16.4 Å². The van der Waals surface area contributed by atoms with Crippen molar-refractivity contribution in [2.75, 3.05) is 18.2 Å². The lowest BCUT2D eigenvalue weighted by atomic mass is 10.2. The summed E-state index contributed by atoms with van der Waals surface area (Å²) in [6.45, 7) is 2.49. The number of aryl methyl sites for hydroxylation is 1. The summed E-state index contributed by atoms with van der Waals surface area (Å²) in [6, 6.07) is 4.59. The van der Waals surface area contributed by atoms with Crippen LogP contribution in [0, 0.1) is 35.3 Å². The van der Waals surface area contributed by atoms with Crippen molar-refractivity contribution in [3.05, 3.63) is 50.8 Å². The van der Waals surface area contributed by atoms with Crippen LogP contribution in [0.2, 0.25) is 0 Å². The maximum Gasteiger partial charge on any atom is 0.338 e. The number of esters is 1. The fraction of sp³-hybridized carbons (Fsp3) is 0.235. The number of nitrogens with one attached hydrogen (secondary N) is 1. The van der Waals surface area contributed by atoms with Crippen molar-refractivity contribution >= 4 is 33.3 Å². The van der Waals surface area contributed by atoms with Crippen LogP contribution in [0.15, 0.2) is 27.5 Å². The molecule has 0 saturated carbocycles. The van der Waals surface area contributed by atoms with E-state index in [9.17, 15) is 28.1 Å². The second-order valence-corrected chi connectivity index (χ2v) is 7.92. The van der Waals surface area contributed by atoms with Crippen molar-refractivity contribution in [3.63, 3.8) is 0 Å². The number of hydrogen-bond acceptors (Lipinski definition) is 9. The van der Waals surface area contributed by atoms with Gasteiger partial charge in [-0.2, -0.15) is 5.26 Å². The Bertz CT molecular complexity index is 1160. The third-order valence-electron chi connectivity index (χ3n) is 3.88. The summed E-state index contributed by atoms with van der Waals surface area (Å²) in [7, 11) is -3.88. The number of sulfone groups is 1. The topological polar surface area (TPSA) is 170 Å². The zero-order valence-electron chi connectivity index (χ0n) is 15.5. The molecule has 1 aromatic carbocycles. The maximum atomic E-state index is 12.1. The number of carbonyl (C=O) groups is 2. The number of nitriles is 1. The van der Waals surface area contributed by atoms with Crippen LogP contribution in [-0.4, -0.2) is 38.1 Å². The molecule has 0 radical (unpaired) electrons. The van der Waals surface area contributed by atoms with E-state index in [-0.39, 0.29) is 17.0 Å². The number of anilines is 1. The van der Waals surface area contributed by atoms with E-state index in [1.54, 1.807) is 13.8 Å². The zero-order valence-corrected chi connectivity index (χ0v) is 16.3. The summed E-state index contributed by atoms with van der Waals surface area (Å²) in [4.78, 5) is 33.6. The highest BCUT2D eigenvalue weighted by molar-refractivity contribution is 7.90. The summed E-state index contributed by atoms with van der Waals surface area (Å²) in [5.74, 6) is -1.52. The number of amides is 1. The highest BCUT2D eigenvalue weighted by Crippen LogP contribution is 2.26. The first-order valence-corrected chi connectivity index (χ1v) is 9.80. The SMILES string of the molecule is Cc1oc(NC(=O)COC(=O)c2ccc(S(C)(=O)=O)c([N+](=O)[O-])c2)c(C#N)c1C. The molecule has 0 aliphatic rings. The van der Waals surface area contributed by atoms with Gasteiger partial charge in [0.2, 0.25) is 5.88 Å². The number of nitrogens with zero attached hydrogens (tertiary/aromatic N) is 2. The van der Waals surface area contributed by atoms with Gasteiger partial charge in [0.05, 0.1) is 10.5 Å². The highest BCUT2D eigenvalue weighted by Gasteiger charge is 2.25. The minimum absolute atomic E-state index is 0.0864. The maximum absolute atomic E-state index is 12.1. The summed E-state index contributed by atoms with van der Waals surface area (Å²) in [6.07, 6.45) is 0.797. The number of benzene rings is 1. The third-order valence-corrected chi connectivity index (χ3v) is 5.02. The van der Waals surface area contributed by atoms with Crippen molar-refractivity contribution in [1.82, 2.24) is 0 Å². The van der Waals surface area contributed by atoms with Gasteiger partial charge in [0.1, 0.15) is 22.3 Å². The smallest absolute Gasteiger partial charge is 0.338 e. The molecule has 1 heterocycles. The molecular weight excluding hydrogens is 406 g/mol. The lowest BCUT2D eigenvalue weighted by molar-refractivity contribution is -0.387. The van der Waals surface area contributed by atoms with Crippen LogP contribution >= 0.6 is 0 Å². The Hall–Kier alpha value is -3.72. The molecule has 0 saturated heterocycles. The van der Waals surface area contributed by atoms with Gasteiger partial charge in [-0.25, -0.2) is 13.2 Å². The van der Waals surface area contributed by atoms with Gasteiger partial charge >= 0.3 is 5.97 Å². The van der Waals surface area contributed by atoms with E-state index >= 15 is 0 Å². The van der Waals surface area contributed by atoms with Gasteiger partial charge in [0, 0.05) is 17.9 Å². The van der Waals surface area contributed by atoms with Crippen LogP contribution in [0.25, 0.3) is 0 Å². The third kappa shape index (κ3) is 4.77. The Morgan fingerprint density at radius 1 is 1.34 bits per heavy atom. The van der Waals surface area contributed by atoms with Crippen molar-refractivity contribution in [3.8, 4) is 6.07 Å². The summed E-state index contributed by atoms with van der Waals surface area (Å²) in [5.41, 5.74) is -0.405. The highest BCUT2D eigenvalue weighted by atomic mass is 32.2. The van der Waals surface area contributed by atoms with Crippen molar-refractivity contribution < 1.29 is 32.1 Å². The minimum atomic E-state index is -3.88. The second kappa shape index (κ2) is 8.11. The first kappa shape index (κ1) is 21.6. The molecule has 0 unspecified atom stereocenters. The van der Waals surface area contributed by atoms with Crippen molar-refractivity contribution in [2.24, 2.45) is 0 Å². The average Bonchev–Trinajstić information content (AvgIpc) is 2.91. The largest absolute Gasteiger partial charge is 0.452 e. The molecule has 0 aliphatic heterocycles. The van der Waals surface area contributed by atoms with E-state index in [1.807, 2.05) is 6.07 Å². The second-order valence-electron chi connectivity index (χ2n) is 5.94. The molecule has 2 aromatic rings. The van der Waals surface area contributed by atoms with Crippen LogP contribution in [-0.2, 0) is 19.4 Å². The van der Waals surface area contributed by atoms with Crippen LogP contribution in [0.5, 0.6) is 0 Å². The standard InChI is InChI=1S/C17H15N3O8S/c1-9-10(2)28-16(12(9)7-18)19-15(21)8-27-17(22)11-4-5-14(29(3,25)26)13(6-11)20(23)24/h4-6H,8H2,1-3H3,(H,19,21). The molecule has 11 nitrogen and oxygen atoms in total. The van der Waals surface area contributed by atoms with E-state index in [0.29, 0.717) is 11.3 Å². The fourth-order valence-electron chi connectivity index (χ4n) is 2.33. The molecule has 0 aliphatic carbocycles. The zero-order chi connectivity index (χ0) is 21.9. The molecule has 0 fully saturated rings. The van der Waals surface area contributed by atoms with Crippen LogP contribution in [0.4, 0.5) is 11.6 Å². The van der Waals surface area contributed by atoms with E-state index < -0.39 is 43.8 Å². The molecule has 0 bridgehead atoms. The first-order valence-electron chi connectivity index (χ1n) is 7.91. The quantitative estimate of drug-likeness (QED) is 0.415. The molecule has 12 heteroatoms. The number of carbonyl (C=O) groups excluding carboxylic acids is 2. The lowest BCUT2D eigenvalue weighted by Gasteiger charge is -2.06. The molecule has 1 aromatic heterocycles. The number of nitro benzene ring substituents is 1. The lowest BCUT2D eigenvalue weighted by Crippen LogP contribution is -2.21. The number of ether oxygens (including phenoxy) is 1. The monoisotopic (exact) mass is 421 g/mol. The molecule has 1 amide bonds. The van der Waals surface area contributed by atoms with E-state index in [0.717, 1.165) is 24.5 Å². The molecule has 29 heavy (non-hydrogen) atoms. The van der Waals surface area contributed by atoms with Crippen LogP contribution in [0.3, 0.4) is 0 Å². The Labute approximate surface area is 164 Å². The molecule has 0 atom stereocenters. The Balaban J connectivity index is 2.12. The fourth-order valence-corrected chi connectivity index (χ4v) is 3.16. The van der Waals surface area contributed by atoms with E-state index in [1.165, 1.54) is 0 Å². The molecular formula is C17H15N3O8S. The molecule has 1 N–H and O–H groups in total. The Kier molecular flexibility index (Phi) is 6.03. The van der Waals surface area contributed by atoms with Crippen molar-refractivity contribution in [2.45, 2.75) is 18.7 Å². The minimum Gasteiger partial charge on any atom is -0.452 e. The molecule has 0 spiro atoms. The summed E-state index contributed by atoms with van der Waals surface area (Å²) >= 11 is 0. The van der Waals surface area contributed by atoms with Crippen LogP contribution in [0.1, 0.15) is 27.2 Å². The average molecular weight is 421 g/mol. The first-order chi connectivity index (χ1) is 13.5. The van der Waals surface area contributed by atoms with Crippen LogP contribution < -0.4 is 5.32 Å². The molecule has 152 valence electrons. The van der Waals surface area contributed by atoms with Gasteiger partial charge in [0.25, 0.3) is 11.6 Å². The number of rotatable bonds is 6. The van der Waals surface area contributed by atoms with Gasteiger partial charge in [-0.3, -0.25) is 20.2 Å². The Morgan fingerprint density at radius 3 is 2.55 bits per heavy atom. The van der Waals surface area contributed by atoms with E-state index in [2.05, 4.69) is 5.32 Å². The normalized spacial score (nSPS) is 10.8. The van der Waals surface area contributed by atoms with Gasteiger partial charge < -0.3 is 9.15 Å². The Morgan fingerprint density at radius 2 is 2.00 bits per heavy atom. The predicted molar refractivity (Wildman–Crippen MR) is 98.0 cm³/mol. The van der Waals surface area contributed by atoms with Gasteiger partial charge in [-0.05, 0) is 26.0 Å². The van der Waals surface area contributed by atoms with Gasteiger partial charge in [-0.15, -0.1) is 0 Å². The predicted octanol–water partition coefficient (Wildman–Crippen LogP) is 1.88. The number of hydrogen-bond donors (Lipinski definition) is 1. The number of nitro groups is 1. The molecule has 2 rings (SSSR count).